The van der Waals surface area contributed by atoms with Gasteiger partial charge in [0.2, 0.25) is 0 Å². The molecule has 5 heteroatoms. The predicted octanol–water partition coefficient (Wildman–Crippen LogP) is -1.29. The van der Waals surface area contributed by atoms with E-state index < -0.39 is 9.84 Å². The lowest BCUT2D eigenvalue weighted by Gasteiger charge is -2.25. The van der Waals surface area contributed by atoms with E-state index in [1.807, 2.05) is 4.90 Å². The van der Waals surface area contributed by atoms with Crippen LogP contribution in [0.5, 0.6) is 0 Å². The third-order valence-electron chi connectivity index (χ3n) is 1.85. The maximum absolute atomic E-state index is 10.9. The van der Waals surface area contributed by atoms with Crippen LogP contribution in [0.25, 0.3) is 0 Å². The Bertz CT molecular complexity index is 198. The molecule has 0 bridgehead atoms. The quantitative estimate of drug-likeness (QED) is 0.573. The van der Waals surface area contributed by atoms with Gasteiger partial charge >= 0.3 is 0 Å². The molecule has 66 valence electrons. The summed E-state index contributed by atoms with van der Waals surface area (Å²) in [5.41, 5.74) is 0. The summed E-state index contributed by atoms with van der Waals surface area (Å²) in [6.07, 6.45) is 0. The van der Waals surface area contributed by atoms with Crippen molar-refractivity contribution in [2.45, 2.75) is 0 Å². The van der Waals surface area contributed by atoms with Crippen LogP contribution in [-0.2, 0) is 9.84 Å². The van der Waals surface area contributed by atoms with Crippen molar-refractivity contribution in [2.75, 3.05) is 37.7 Å². The molecule has 1 saturated heterocycles. The maximum atomic E-state index is 10.9. The lowest BCUT2D eigenvalue weighted by Crippen LogP contribution is -2.41. The highest BCUT2D eigenvalue weighted by molar-refractivity contribution is 7.91. The average Bonchev–Trinajstić information content (AvgIpc) is 1.94. The maximum Gasteiger partial charge on any atom is 0.152 e. The Balaban J connectivity index is 2.36. The van der Waals surface area contributed by atoms with Gasteiger partial charge in [0.05, 0.1) is 18.1 Å². The number of nitrogens with zero attached hydrogens (tertiary/aromatic N) is 1. The minimum Gasteiger partial charge on any atom is -0.395 e. The second kappa shape index (κ2) is 3.51. The van der Waals surface area contributed by atoms with Crippen LogP contribution < -0.4 is 0 Å². The van der Waals surface area contributed by atoms with Crippen LogP contribution in [0, 0.1) is 0 Å². The molecule has 1 aliphatic heterocycles. The number of rotatable bonds is 2. The largest absolute Gasteiger partial charge is 0.395 e. The molecule has 0 aromatic heterocycles. The number of β-amino-alcohol motifs (C(OH)–C–C–N with tert-alkyl or cyclic N) is 1. The van der Waals surface area contributed by atoms with Crippen molar-refractivity contribution in [3.05, 3.63) is 0 Å². The van der Waals surface area contributed by atoms with Gasteiger partial charge in [-0.1, -0.05) is 0 Å². The molecule has 1 heterocycles. The summed E-state index contributed by atoms with van der Waals surface area (Å²) in [7, 11) is -2.76. The van der Waals surface area contributed by atoms with Gasteiger partial charge in [-0.15, -0.1) is 0 Å². The summed E-state index contributed by atoms with van der Waals surface area (Å²) < 4.78 is 21.8. The van der Waals surface area contributed by atoms with E-state index in [-0.39, 0.29) is 18.1 Å². The Kier molecular flexibility index (Phi) is 2.86. The SMILES string of the molecule is O=S1(=O)CCN(CCO)CC1. The number of aliphatic hydroxyl groups excluding tert-OH is 1. The van der Waals surface area contributed by atoms with E-state index in [0.29, 0.717) is 19.6 Å². The summed E-state index contributed by atoms with van der Waals surface area (Å²) in [6, 6.07) is 0. The minimum absolute atomic E-state index is 0.111. The van der Waals surface area contributed by atoms with Gasteiger partial charge in [-0.05, 0) is 0 Å². The molecule has 1 rings (SSSR count). The zero-order valence-corrected chi connectivity index (χ0v) is 7.18. The van der Waals surface area contributed by atoms with E-state index in [2.05, 4.69) is 0 Å². The van der Waals surface area contributed by atoms with E-state index in [1.54, 1.807) is 0 Å². The van der Waals surface area contributed by atoms with Crippen molar-refractivity contribution in [3.63, 3.8) is 0 Å². The van der Waals surface area contributed by atoms with Gasteiger partial charge in [0.1, 0.15) is 0 Å². The van der Waals surface area contributed by atoms with Crippen molar-refractivity contribution >= 4 is 9.84 Å². The van der Waals surface area contributed by atoms with Gasteiger partial charge in [0, 0.05) is 19.6 Å². The minimum atomic E-state index is -2.76. The average molecular weight is 179 g/mol. The van der Waals surface area contributed by atoms with Crippen LogP contribution in [0.2, 0.25) is 0 Å². The highest BCUT2D eigenvalue weighted by Crippen LogP contribution is 2.02. The van der Waals surface area contributed by atoms with E-state index in [4.69, 9.17) is 5.11 Å². The van der Waals surface area contributed by atoms with Gasteiger partial charge in [-0.2, -0.15) is 0 Å². The Morgan fingerprint density at radius 3 is 2.27 bits per heavy atom. The molecule has 0 saturated carbocycles. The molecule has 0 amide bonds. The van der Waals surface area contributed by atoms with Gasteiger partial charge in [0.15, 0.2) is 9.84 Å². The Hall–Kier alpha value is -0.130. The van der Waals surface area contributed by atoms with Crippen LogP contribution in [-0.4, -0.2) is 56.2 Å². The molecule has 0 atom stereocenters. The van der Waals surface area contributed by atoms with E-state index >= 15 is 0 Å². The third kappa shape index (κ3) is 2.76. The van der Waals surface area contributed by atoms with E-state index in [1.165, 1.54) is 0 Å². The zero-order valence-electron chi connectivity index (χ0n) is 6.36. The van der Waals surface area contributed by atoms with Crippen molar-refractivity contribution in [3.8, 4) is 0 Å². The predicted molar refractivity (Wildman–Crippen MR) is 42.2 cm³/mol. The summed E-state index contributed by atoms with van der Waals surface area (Å²) in [6.45, 7) is 1.85. The summed E-state index contributed by atoms with van der Waals surface area (Å²) in [5, 5.41) is 8.56. The number of hydrogen-bond donors (Lipinski definition) is 1. The standard InChI is InChI=1S/C6H13NO3S/c8-4-1-7-2-5-11(9,10)6-3-7/h8H,1-6H2. The third-order valence-corrected chi connectivity index (χ3v) is 3.46. The molecule has 0 radical (unpaired) electrons. The molecule has 0 aliphatic carbocycles. The second-order valence-electron chi connectivity index (χ2n) is 2.72. The molecule has 0 unspecified atom stereocenters. The first-order chi connectivity index (χ1) is 5.14. The van der Waals surface area contributed by atoms with Crippen molar-refractivity contribution in [2.24, 2.45) is 0 Å². The molecule has 0 aromatic carbocycles. The molecule has 1 N–H and O–H groups in total. The fraction of sp³-hybridized carbons (Fsp3) is 1.00. The molecule has 1 fully saturated rings. The fourth-order valence-electron chi connectivity index (χ4n) is 1.12. The molecule has 11 heavy (non-hydrogen) atoms. The Morgan fingerprint density at radius 1 is 1.27 bits per heavy atom. The second-order valence-corrected chi connectivity index (χ2v) is 5.02. The smallest absolute Gasteiger partial charge is 0.152 e. The highest BCUT2D eigenvalue weighted by Gasteiger charge is 2.20. The summed E-state index contributed by atoms with van der Waals surface area (Å²) in [4.78, 5) is 1.96. The number of sulfone groups is 1. The van der Waals surface area contributed by atoms with Crippen molar-refractivity contribution < 1.29 is 13.5 Å². The van der Waals surface area contributed by atoms with E-state index in [0.717, 1.165) is 0 Å². The zero-order chi connectivity index (χ0) is 8.32. The van der Waals surface area contributed by atoms with Crippen molar-refractivity contribution in [1.29, 1.82) is 0 Å². The number of hydrogen-bond acceptors (Lipinski definition) is 4. The first-order valence-electron chi connectivity index (χ1n) is 3.68. The highest BCUT2D eigenvalue weighted by atomic mass is 32.2. The Morgan fingerprint density at radius 2 is 1.82 bits per heavy atom. The van der Waals surface area contributed by atoms with Gasteiger partial charge in [-0.25, -0.2) is 8.42 Å². The van der Waals surface area contributed by atoms with Crippen LogP contribution in [0.15, 0.2) is 0 Å². The molecular formula is C6H13NO3S. The lowest BCUT2D eigenvalue weighted by molar-refractivity contribution is 0.205. The molecule has 0 aromatic rings. The van der Waals surface area contributed by atoms with Crippen LogP contribution >= 0.6 is 0 Å². The monoisotopic (exact) mass is 179 g/mol. The Labute approximate surface area is 66.7 Å². The molecular weight excluding hydrogens is 166 g/mol. The first-order valence-corrected chi connectivity index (χ1v) is 5.50. The first kappa shape index (κ1) is 8.96. The summed E-state index contributed by atoms with van der Waals surface area (Å²) >= 11 is 0. The topological polar surface area (TPSA) is 57.6 Å². The molecule has 4 nitrogen and oxygen atoms in total. The lowest BCUT2D eigenvalue weighted by atomic mass is 10.5. The molecule has 0 spiro atoms. The van der Waals surface area contributed by atoms with Gasteiger partial charge in [0.25, 0.3) is 0 Å². The fourth-order valence-corrected chi connectivity index (χ4v) is 2.39. The van der Waals surface area contributed by atoms with E-state index in [9.17, 15) is 8.42 Å². The molecule has 1 aliphatic rings. The summed E-state index contributed by atoms with van der Waals surface area (Å²) in [5.74, 6) is 0.486. The van der Waals surface area contributed by atoms with Crippen molar-refractivity contribution in [1.82, 2.24) is 4.90 Å². The van der Waals surface area contributed by atoms with Crippen LogP contribution in [0.1, 0.15) is 0 Å². The number of aliphatic hydroxyl groups is 1. The van der Waals surface area contributed by atoms with Gasteiger partial charge in [-0.3, -0.25) is 4.90 Å². The van der Waals surface area contributed by atoms with Gasteiger partial charge < -0.3 is 5.11 Å². The van der Waals surface area contributed by atoms with Crippen LogP contribution in [0.4, 0.5) is 0 Å². The normalized spacial score (nSPS) is 25.2. The van der Waals surface area contributed by atoms with Crippen LogP contribution in [0.3, 0.4) is 0 Å².